The Bertz CT molecular complexity index is 932. The molecule has 0 atom stereocenters. The average Bonchev–Trinajstić information content (AvgIpc) is 3.11. The van der Waals surface area contributed by atoms with Crippen LogP contribution in [0.2, 0.25) is 10.0 Å². The summed E-state index contributed by atoms with van der Waals surface area (Å²) >= 11 is 13.5. The number of benzene rings is 1. The number of ether oxygens (including phenoxy) is 1. The number of pyridine rings is 1. The molecular formula is C18H17Cl2N5O2S. The van der Waals surface area contributed by atoms with Crippen LogP contribution in [0.15, 0.2) is 47.9 Å². The molecule has 0 aliphatic carbocycles. The molecule has 0 bridgehead atoms. The van der Waals surface area contributed by atoms with Gasteiger partial charge in [0.05, 0.1) is 34.6 Å². The van der Waals surface area contributed by atoms with Crippen LogP contribution < -0.4 is 5.32 Å². The minimum Gasteiger partial charge on any atom is -0.383 e. The zero-order valence-electron chi connectivity index (χ0n) is 14.9. The molecule has 0 saturated carbocycles. The lowest BCUT2D eigenvalue weighted by Crippen LogP contribution is -2.15. The molecule has 1 amide bonds. The van der Waals surface area contributed by atoms with Gasteiger partial charge in [-0.05, 0) is 24.3 Å². The molecule has 0 spiro atoms. The molecule has 0 saturated heterocycles. The number of methoxy groups -OCH3 is 1. The summed E-state index contributed by atoms with van der Waals surface area (Å²) in [6.07, 6.45) is 3.39. The van der Waals surface area contributed by atoms with Gasteiger partial charge < -0.3 is 10.1 Å². The van der Waals surface area contributed by atoms with E-state index in [-0.39, 0.29) is 11.7 Å². The fourth-order valence-corrected chi connectivity index (χ4v) is 3.67. The SMILES string of the molecule is COCCn1c(SCC(=O)Nc2c(Cl)cccc2Cl)nnc1-c1ccncc1. The fraction of sp³-hybridized carbons (Fsp3) is 0.222. The minimum absolute atomic E-state index is 0.128. The molecule has 2 heterocycles. The molecule has 3 rings (SSSR count). The summed E-state index contributed by atoms with van der Waals surface area (Å²) in [7, 11) is 1.63. The van der Waals surface area contributed by atoms with Gasteiger partial charge in [-0.25, -0.2) is 0 Å². The monoisotopic (exact) mass is 437 g/mol. The first-order chi connectivity index (χ1) is 13.6. The van der Waals surface area contributed by atoms with Crippen molar-refractivity contribution in [2.24, 2.45) is 0 Å². The molecular weight excluding hydrogens is 421 g/mol. The van der Waals surface area contributed by atoms with E-state index in [9.17, 15) is 4.79 Å². The van der Waals surface area contributed by atoms with E-state index in [1.165, 1.54) is 11.8 Å². The Labute approximate surface area is 176 Å². The van der Waals surface area contributed by atoms with Crippen molar-refractivity contribution in [2.45, 2.75) is 11.7 Å². The minimum atomic E-state index is -0.244. The molecule has 0 aliphatic rings. The molecule has 0 radical (unpaired) electrons. The van der Waals surface area contributed by atoms with Gasteiger partial charge in [0, 0.05) is 25.1 Å². The van der Waals surface area contributed by atoms with E-state index in [0.717, 1.165) is 5.56 Å². The Morgan fingerprint density at radius 2 is 1.89 bits per heavy atom. The molecule has 146 valence electrons. The largest absolute Gasteiger partial charge is 0.383 e. The third-order valence-corrected chi connectivity index (χ3v) is 5.33. The van der Waals surface area contributed by atoms with Crippen LogP contribution in [0.4, 0.5) is 5.69 Å². The Morgan fingerprint density at radius 1 is 1.18 bits per heavy atom. The summed E-state index contributed by atoms with van der Waals surface area (Å²) in [6.45, 7) is 1.05. The van der Waals surface area contributed by atoms with Crippen LogP contribution in [0.25, 0.3) is 11.4 Å². The lowest BCUT2D eigenvalue weighted by atomic mass is 10.2. The summed E-state index contributed by atoms with van der Waals surface area (Å²) in [5.41, 5.74) is 1.28. The summed E-state index contributed by atoms with van der Waals surface area (Å²) in [6, 6.07) is 8.76. The number of amides is 1. The van der Waals surface area contributed by atoms with Crippen LogP contribution in [-0.4, -0.2) is 45.1 Å². The highest BCUT2D eigenvalue weighted by molar-refractivity contribution is 7.99. The summed E-state index contributed by atoms with van der Waals surface area (Å²) < 4.78 is 7.10. The number of nitrogens with zero attached hydrogens (tertiary/aromatic N) is 4. The molecule has 28 heavy (non-hydrogen) atoms. The summed E-state index contributed by atoms with van der Waals surface area (Å²) in [5.74, 6) is 0.575. The Morgan fingerprint density at radius 3 is 2.57 bits per heavy atom. The maximum atomic E-state index is 12.4. The van der Waals surface area contributed by atoms with Gasteiger partial charge in [-0.2, -0.15) is 0 Å². The first-order valence-electron chi connectivity index (χ1n) is 8.29. The third kappa shape index (κ3) is 5.02. The zero-order chi connectivity index (χ0) is 19.9. The van der Waals surface area contributed by atoms with Crippen molar-refractivity contribution in [3.05, 3.63) is 52.8 Å². The zero-order valence-corrected chi connectivity index (χ0v) is 17.3. The van der Waals surface area contributed by atoms with Gasteiger partial charge in [-0.15, -0.1) is 10.2 Å². The van der Waals surface area contributed by atoms with Crippen molar-refractivity contribution in [1.82, 2.24) is 19.7 Å². The number of carbonyl (C=O) groups is 1. The van der Waals surface area contributed by atoms with Crippen molar-refractivity contribution in [1.29, 1.82) is 0 Å². The number of para-hydroxylation sites is 1. The number of rotatable bonds is 8. The van der Waals surface area contributed by atoms with E-state index >= 15 is 0 Å². The molecule has 0 fully saturated rings. The lowest BCUT2D eigenvalue weighted by Gasteiger charge is -2.11. The van der Waals surface area contributed by atoms with Crippen LogP contribution in [-0.2, 0) is 16.1 Å². The van der Waals surface area contributed by atoms with Crippen LogP contribution in [0, 0.1) is 0 Å². The van der Waals surface area contributed by atoms with Gasteiger partial charge in [-0.3, -0.25) is 14.3 Å². The first-order valence-corrected chi connectivity index (χ1v) is 10.0. The molecule has 10 heteroatoms. The van der Waals surface area contributed by atoms with Gasteiger partial charge >= 0.3 is 0 Å². The molecule has 1 N–H and O–H groups in total. The van der Waals surface area contributed by atoms with E-state index in [1.54, 1.807) is 37.7 Å². The van der Waals surface area contributed by atoms with Crippen LogP contribution in [0.3, 0.4) is 0 Å². The van der Waals surface area contributed by atoms with Crippen molar-refractivity contribution < 1.29 is 9.53 Å². The number of carbonyl (C=O) groups excluding carboxylic acids is 1. The highest BCUT2D eigenvalue weighted by atomic mass is 35.5. The van der Waals surface area contributed by atoms with Crippen molar-refractivity contribution >= 4 is 46.6 Å². The lowest BCUT2D eigenvalue weighted by molar-refractivity contribution is -0.113. The number of nitrogens with one attached hydrogen (secondary N) is 1. The maximum Gasteiger partial charge on any atom is 0.234 e. The molecule has 3 aromatic rings. The second-order valence-corrected chi connectivity index (χ2v) is 7.38. The smallest absolute Gasteiger partial charge is 0.234 e. The molecule has 1 aromatic carbocycles. The fourth-order valence-electron chi connectivity index (χ4n) is 2.42. The Kier molecular flexibility index (Phi) is 7.27. The normalized spacial score (nSPS) is 10.8. The van der Waals surface area contributed by atoms with E-state index in [2.05, 4.69) is 20.5 Å². The Balaban J connectivity index is 1.73. The van der Waals surface area contributed by atoms with Crippen molar-refractivity contribution in [3.8, 4) is 11.4 Å². The second-order valence-electron chi connectivity index (χ2n) is 5.62. The summed E-state index contributed by atoms with van der Waals surface area (Å²) in [5, 5.41) is 12.6. The van der Waals surface area contributed by atoms with E-state index < -0.39 is 0 Å². The van der Waals surface area contributed by atoms with Crippen molar-refractivity contribution in [2.75, 3.05) is 24.8 Å². The van der Waals surface area contributed by atoms with Crippen LogP contribution >= 0.6 is 35.0 Å². The quantitative estimate of drug-likeness (QED) is 0.535. The highest BCUT2D eigenvalue weighted by Crippen LogP contribution is 2.30. The van der Waals surface area contributed by atoms with E-state index in [1.807, 2.05) is 16.7 Å². The predicted molar refractivity (Wildman–Crippen MR) is 111 cm³/mol. The number of hydrogen-bond acceptors (Lipinski definition) is 6. The van der Waals surface area contributed by atoms with Crippen LogP contribution in [0.5, 0.6) is 0 Å². The topological polar surface area (TPSA) is 81.9 Å². The number of halogens is 2. The number of thioether (sulfide) groups is 1. The number of aromatic nitrogens is 4. The molecule has 2 aromatic heterocycles. The standard InChI is InChI=1S/C18H17Cl2N5O2S/c1-27-10-9-25-17(12-5-7-21-8-6-12)23-24-18(25)28-11-15(26)22-16-13(19)3-2-4-14(16)20/h2-8H,9-11H2,1H3,(H,22,26). The molecule has 0 unspecified atom stereocenters. The average molecular weight is 438 g/mol. The molecule has 0 aliphatic heterocycles. The van der Waals surface area contributed by atoms with Gasteiger partial charge in [0.1, 0.15) is 0 Å². The third-order valence-electron chi connectivity index (χ3n) is 3.73. The second kappa shape index (κ2) is 9.88. The van der Waals surface area contributed by atoms with Gasteiger partial charge in [0.2, 0.25) is 5.91 Å². The maximum absolute atomic E-state index is 12.4. The first kappa shape index (κ1) is 20.6. The van der Waals surface area contributed by atoms with Crippen molar-refractivity contribution in [3.63, 3.8) is 0 Å². The highest BCUT2D eigenvalue weighted by Gasteiger charge is 2.16. The van der Waals surface area contributed by atoms with Gasteiger partial charge in [0.15, 0.2) is 11.0 Å². The van der Waals surface area contributed by atoms with Gasteiger partial charge in [0.25, 0.3) is 0 Å². The summed E-state index contributed by atoms with van der Waals surface area (Å²) in [4.78, 5) is 16.4. The van der Waals surface area contributed by atoms with E-state index in [0.29, 0.717) is 39.9 Å². The molecule has 7 nitrogen and oxygen atoms in total. The number of hydrogen-bond donors (Lipinski definition) is 1. The number of anilines is 1. The van der Waals surface area contributed by atoms with E-state index in [4.69, 9.17) is 27.9 Å². The predicted octanol–water partition coefficient (Wildman–Crippen LogP) is 4.02. The van der Waals surface area contributed by atoms with Gasteiger partial charge in [-0.1, -0.05) is 41.0 Å². The van der Waals surface area contributed by atoms with Crippen LogP contribution in [0.1, 0.15) is 0 Å². The Hall–Kier alpha value is -2.13.